The molecule has 0 radical (unpaired) electrons. The number of nitrogens with two attached hydrogens (primary N) is 1. The van der Waals surface area contributed by atoms with Gasteiger partial charge in [0.25, 0.3) is 0 Å². The lowest BCUT2D eigenvalue weighted by molar-refractivity contribution is -0.124. The fourth-order valence-electron chi connectivity index (χ4n) is 1.91. The highest BCUT2D eigenvalue weighted by Gasteiger charge is 2.39. The zero-order chi connectivity index (χ0) is 12.5. The first-order valence-corrected chi connectivity index (χ1v) is 5.55. The molecule has 0 aromatic carbocycles. The van der Waals surface area contributed by atoms with Gasteiger partial charge in [-0.3, -0.25) is 9.69 Å². The van der Waals surface area contributed by atoms with Crippen molar-refractivity contribution in [3.8, 4) is 0 Å². The van der Waals surface area contributed by atoms with Crippen LogP contribution in [0.4, 0.5) is 4.79 Å². The van der Waals surface area contributed by atoms with Crippen molar-refractivity contribution in [1.82, 2.24) is 4.90 Å². The van der Waals surface area contributed by atoms with Gasteiger partial charge in [-0.1, -0.05) is 12.8 Å². The van der Waals surface area contributed by atoms with E-state index in [0.717, 1.165) is 12.8 Å². The van der Waals surface area contributed by atoms with Crippen LogP contribution in [-0.4, -0.2) is 33.6 Å². The molecule has 92 valence electrons. The summed E-state index contributed by atoms with van der Waals surface area (Å²) in [6, 6.07) is -0.704. The molecule has 0 aliphatic heterocycles. The van der Waals surface area contributed by atoms with Crippen LogP contribution in [-0.2, 0) is 4.79 Å². The quantitative estimate of drug-likeness (QED) is 0.763. The topological polar surface area (TPSA) is 83.6 Å². The van der Waals surface area contributed by atoms with Crippen LogP contribution in [0.1, 0.15) is 40.0 Å². The van der Waals surface area contributed by atoms with Gasteiger partial charge < -0.3 is 10.8 Å². The first kappa shape index (κ1) is 12.8. The molecule has 2 amide bonds. The van der Waals surface area contributed by atoms with E-state index in [1.54, 1.807) is 20.8 Å². The van der Waals surface area contributed by atoms with Gasteiger partial charge in [0.1, 0.15) is 6.04 Å². The highest BCUT2D eigenvalue weighted by atomic mass is 16.4. The van der Waals surface area contributed by atoms with Gasteiger partial charge >= 0.3 is 6.09 Å². The summed E-state index contributed by atoms with van der Waals surface area (Å²) in [5, 5.41) is 9.18. The molecule has 1 fully saturated rings. The smallest absolute Gasteiger partial charge is 0.408 e. The standard InChI is InChI=1S/C11H20N2O3/c1-11(2,3)13(10(15)16)8(9(12)14)6-7-4-5-7/h7-8H,4-6H2,1-3H3,(H2,12,14)(H,15,16). The van der Waals surface area contributed by atoms with Crippen molar-refractivity contribution < 1.29 is 14.7 Å². The lowest BCUT2D eigenvalue weighted by atomic mass is 10.00. The molecule has 5 heteroatoms. The van der Waals surface area contributed by atoms with Crippen LogP contribution in [0.2, 0.25) is 0 Å². The van der Waals surface area contributed by atoms with Crippen LogP contribution < -0.4 is 5.73 Å². The number of carboxylic acid groups (broad SMARTS) is 1. The minimum atomic E-state index is -1.09. The normalized spacial score (nSPS) is 17.9. The second-order valence-electron chi connectivity index (χ2n) is 5.42. The maximum atomic E-state index is 11.4. The molecule has 1 aliphatic carbocycles. The number of carbonyl (C=O) groups is 2. The molecule has 5 nitrogen and oxygen atoms in total. The van der Waals surface area contributed by atoms with Crippen LogP contribution >= 0.6 is 0 Å². The van der Waals surface area contributed by atoms with Gasteiger partial charge in [-0.25, -0.2) is 4.79 Å². The molecule has 1 unspecified atom stereocenters. The van der Waals surface area contributed by atoms with Gasteiger partial charge in [0, 0.05) is 5.54 Å². The van der Waals surface area contributed by atoms with Crippen molar-refractivity contribution in [1.29, 1.82) is 0 Å². The maximum Gasteiger partial charge on any atom is 0.408 e. The monoisotopic (exact) mass is 228 g/mol. The first-order chi connectivity index (χ1) is 7.23. The minimum absolute atomic E-state index is 0.460. The Balaban J connectivity index is 2.86. The zero-order valence-corrected chi connectivity index (χ0v) is 10.1. The minimum Gasteiger partial charge on any atom is -0.465 e. The second kappa shape index (κ2) is 4.31. The highest BCUT2D eigenvalue weighted by Crippen LogP contribution is 2.35. The van der Waals surface area contributed by atoms with Crippen molar-refractivity contribution in [3.05, 3.63) is 0 Å². The van der Waals surface area contributed by atoms with E-state index in [0.29, 0.717) is 12.3 Å². The molecule has 1 aliphatic rings. The summed E-state index contributed by atoms with van der Waals surface area (Å²) in [5.41, 5.74) is 4.69. The number of rotatable bonds is 4. The highest BCUT2D eigenvalue weighted by molar-refractivity contribution is 5.84. The summed E-state index contributed by atoms with van der Waals surface area (Å²) < 4.78 is 0. The number of primary amides is 1. The van der Waals surface area contributed by atoms with Crippen molar-refractivity contribution in [2.24, 2.45) is 11.7 Å². The molecule has 1 saturated carbocycles. The first-order valence-electron chi connectivity index (χ1n) is 5.55. The van der Waals surface area contributed by atoms with E-state index >= 15 is 0 Å². The summed E-state index contributed by atoms with van der Waals surface area (Å²) in [5.74, 6) is -0.0917. The molecule has 1 rings (SSSR count). The van der Waals surface area contributed by atoms with E-state index in [4.69, 9.17) is 5.73 Å². The fourth-order valence-corrected chi connectivity index (χ4v) is 1.91. The lowest BCUT2D eigenvalue weighted by Crippen LogP contribution is -2.56. The molecule has 16 heavy (non-hydrogen) atoms. The van der Waals surface area contributed by atoms with Gasteiger partial charge in [-0.2, -0.15) is 0 Å². The van der Waals surface area contributed by atoms with E-state index in [1.165, 1.54) is 4.90 Å². The van der Waals surface area contributed by atoms with Crippen LogP contribution in [0.3, 0.4) is 0 Å². The number of nitrogens with zero attached hydrogens (tertiary/aromatic N) is 1. The van der Waals surface area contributed by atoms with E-state index in [-0.39, 0.29) is 0 Å². The molecular formula is C11H20N2O3. The summed E-state index contributed by atoms with van der Waals surface area (Å²) in [7, 11) is 0. The Hall–Kier alpha value is -1.26. The van der Waals surface area contributed by atoms with Gasteiger partial charge in [0.15, 0.2) is 0 Å². The SMILES string of the molecule is CC(C)(C)N(C(=O)O)C(CC1CC1)C(N)=O. The van der Waals surface area contributed by atoms with Crippen molar-refractivity contribution in [2.75, 3.05) is 0 Å². The average Bonchev–Trinajstić information content (AvgIpc) is 2.82. The zero-order valence-electron chi connectivity index (χ0n) is 10.1. The Morgan fingerprint density at radius 3 is 2.19 bits per heavy atom. The lowest BCUT2D eigenvalue weighted by Gasteiger charge is -2.38. The van der Waals surface area contributed by atoms with Crippen molar-refractivity contribution in [2.45, 2.75) is 51.6 Å². The summed E-state index contributed by atoms with van der Waals surface area (Å²) in [6.45, 7) is 5.30. The van der Waals surface area contributed by atoms with E-state index in [2.05, 4.69) is 0 Å². The molecular weight excluding hydrogens is 208 g/mol. The predicted molar refractivity (Wildman–Crippen MR) is 59.9 cm³/mol. The van der Waals surface area contributed by atoms with E-state index in [9.17, 15) is 14.7 Å². The Labute approximate surface area is 95.6 Å². The third kappa shape index (κ3) is 3.12. The Morgan fingerprint density at radius 2 is 1.94 bits per heavy atom. The van der Waals surface area contributed by atoms with Crippen LogP contribution in [0, 0.1) is 5.92 Å². The largest absolute Gasteiger partial charge is 0.465 e. The predicted octanol–water partition coefficient (Wildman–Crippen LogP) is 1.42. The number of hydrogen-bond acceptors (Lipinski definition) is 2. The van der Waals surface area contributed by atoms with Gasteiger partial charge in [0.05, 0.1) is 0 Å². The maximum absolute atomic E-state index is 11.4. The van der Waals surface area contributed by atoms with E-state index < -0.39 is 23.6 Å². The molecule has 0 saturated heterocycles. The number of carbonyl (C=O) groups excluding carboxylic acids is 1. The molecule has 0 bridgehead atoms. The van der Waals surface area contributed by atoms with Gasteiger partial charge in [-0.05, 0) is 33.1 Å². The van der Waals surface area contributed by atoms with Gasteiger partial charge in [-0.15, -0.1) is 0 Å². The van der Waals surface area contributed by atoms with Crippen molar-refractivity contribution in [3.63, 3.8) is 0 Å². The average molecular weight is 228 g/mol. The number of hydrogen-bond donors (Lipinski definition) is 2. The van der Waals surface area contributed by atoms with Crippen molar-refractivity contribution >= 4 is 12.0 Å². The molecule has 0 heterocycles. The Kier molecular flexibility index (Phi) is 3.45. The molecule has 0 aromatic heterocycles. The summed E-state index contributed by atoms with van der Waals surface area (Å²) in [4.78, 5) is 23.8. The molecule has 0 spiro atoms. The van der Waals surface area contributed by atoms with E-state index in [1.807, 2.05) is 0 Å². The van der Waals surface area contributed by atoms with Crippen LogP contribution in [0.15, 0.2) is 0 Å². The molecule has 3 N–H and O–H groups in total. The summed E-state index contributed by atoms with van der Waals surface area (Å²) in [6.07, 6.45) is 1.61. The molecule has 0 aromatic rings. The third-order valence-corrected chi connectivity index (χ3v) is 2.82. The fraction of sp³-hybridized carbons (Fsp3) is 0.818. The van der Waals surface area contributed by atoms with Gasteiger partial charge in [0.2, 0.25) is 5.91 Å². The van der Waals surface area contributed by atoms with Crippen LogP contribution in [0.25, 0.3) is 0 Å². The third-order valence-electron chi connectivity index (χ3n) is 2.82. The number of amides is 2. The Bertz CT molecular complexity index is 292. The Morgan fingerprint density at radius 1 is 1.44 bits per heavy atom. The second-order valence-corrected chi connectivity index (χ2v) is 5.42. The molecule has 1 atom stereocenters. The summed E-state index contributed by atoms with van der Waals surface area (Å²) >= 11 is 0. The van der Waals surface area contributed by atoms with Crippen LogP contribution in [0.5, 0.6) is 0 Å².